The molecule has 3 rings (SSSR count). The van der Waals surface area contributed by atoms with Gasteiger partial charge in [0, 0.05) is 4.88 Å². The lowest BCUT2D eigenvalue weighted by Gasteiger charge is -2.33. The maximum absolute atomic E-state index is 12.8. The highest BCUT2D eigenvalue weighted by atomic mass is 35.5. The molecule has 4 nitrogen and oxygen atoms in total. The molecule has 1 aliphatic rings. The summed E-state index contributed by atoms with van der Waals surface area (Å²) in [6, 6.07) is 4.89. The molecule has 0 fully saturated rings. The van der Waals surface area contributed by atoms with Crippen molar-refractivity contribution in [3.63, 3.8) is 0 Å². The quantitative estimate of drug-likeness (QED) is 0.575. The number of esters is 1. The van der Waals surface area contributed by atoms with Crippen LogP contribution in [-0.4, -0.2) is 19.0 Å². The van der Waals surface area contributed by atoms with Crippen molar-refractivity contribution < 1.29 is 14.3 Å². The third-order valence-electron chi connectivity index (χ3n) is 5.30. The zero-order chi connectivity index (χ0) is 20.6. The highest BCUT2D eigenvalue weighted by Gasteiger charge is 2.34. The molecule has 0 saturated carbocycles. The van der Waals surface area contributed by atoms with Gasteiger partial charge in [-0.15, -0.1) is 11.3 Å². The Morgan fingerprint density at radius 1 is 1.18 bits per heavy atom. The highest BCUT2D eigenvalue weighted by Crippen LogP contribution is 2.44. The fourth-order valence-corrected chi connectivity index (χ4v) is 5.49. The Kier molecular flexibility index (Phi) is 6.08. The molecule has 0 radical (unpaired) electrons. The fraction of sp³-hybridized carbons (Fsp3) is 0.429. The Balaban J connectivity index is 1.99. The van der Waals surface area contributed by atoms with Gasteiger partial charge >= 0.3 is 5.97 Å². The number of amides is 1. The molecule has 0 aliphatic heterocycles. The summed E-state index contributed by atoms with van der Waals surface area (Å²) in [6.07, 6.45) is 2.68. The molecule has 1 atom stereocenters. The van der Waals surface area contributed by atoms with Crippen molar-refractivity contribution in [2.24, 2.45) is 11.3 Å². The van der Waals surface area contributed by atoms with Gasteiger partial charge in [0.2, 0.25) is 0 Å². The molecule has 2 aromatic rings. The average Bonchev–Trinajstić information content (AvgIpc) is 2.97. The Labute approximate surface area is 179 Å². The molecule has 1 aliphatic carbocycles. The topological polar surface area (TPSA) is 55.4 Å². The number of benzene rings is 1. The zero-order valence-corrected chi connectivity index (χ0v) is 18.6. The van der Waals surface area contributed by atoms with Crippen LogP contribution in [-0.2, 0) is 17.6 Å². The monoisotopic (exact) mass is 439 g/mol. The maximum atomic E-state index is 12.8. The van der Waals surface area contributed by atoms with Crippen LogP contribution < -0.4 is 5.32 Å². The molecule has 28 heavy (non-hydrogen) atoms. The van der Waals surface area contributed by atoms with E-state index in [1.54, 1.807) is 18.2 Å². The minimum atomic E-state index is -0.438. The molecule has 0 bridgehead atoms. The van der Waals surface area contributed by atoms with Gasteiger partial charge in [-0.25, -0.2) is 4.79 Å². The van der Waals surface area contributed by atoms with E-state index in [0.29, 0.717) is 16.5 Å². The first-order chi connectivity index (χ1) is 13.1. The molecule has 1 aromatic heterocycles. The summed E-state index contributed by atoms with van der Waals surface area (Å²) in [6.45, 7) is 6.71. The Morgan fingerprint density at radius 3 is 2.39 bits per heavy atom. The fourth-order valence-electron chi connectivity index (χ4n) is 3.61. The maximum Gasteiger partial charge on any atom is 0.341 e. The van der Waals surface area contributed by atoms with Gasteiger partial charge in [0.1, 0.15) is 5.00 Å². The Hall–Kier alpha value is -1.56. The van der Waals surface area contributed by atoms with Crippen LogP contribution in [0.5, 0.6) is 0 Å². The number of hydrogen-bond donors (Lipinski definition) is 1. The van der Waals surface area contributed by atoms with Crippen LogP contribution in [0.1, 0.15) is 58.3 Å². The summed E-state index contributed by atoms with van der Waals surface area (Å²) < 4.78 is 4.99. The number of halogens is 2. The van der Waals surface area contributed by atoms with Crippen molar-refractivity contribution >= 4 is 51.4 Å². The van der Waals surface area contributed by atoms with Gasteiger partial charge in [0.15, 0.2) is 0 Å². The summed E-state index contributed by atoms with van der Waals surface area (Å²) in [7, 11) is 1.35. The number of methoxy groups -OCH3 is 1. The summed E-state index contributed by atoms with van der Waals surface area (Å²) >= 11 is 13.8. The molecule has 1 aromatic carbocycles. The van der Waals surface area contributed by atoms with Crippen LogP contribution >= 0.6 is 34.5 Å². The van der Waals surface area contributed by atoms with Gasteiger partial charge in [-0.2, -0.15) is 0 Å². The summed E-state index contributed by atoms with van der Waals surface area (Å²) in [5.41, 5.74) is 1.81. The van der Waals surface area contributed by atoms with Gasteiger partial charge in [-0.05, 0) is 48.3 Å². The smallest absolute Gasteiger partial charge is 0.341 e. The first kappa shape index (κ1) is 21.2. The predicted octanol–water partition coefficient (Wildman–Crippen LogP) is 6.24. The van der Waals surface area contributed by atoms with Gasteiger partial charge in [0.25, 0.3) is 5.91 Å². The second-order valence-electron chi connectivity index (χ2n) is 8.06. The molecule has 1 heterocycles. The van der Waals surface area contributed by atoms with Crippen molar-refractivity contribution in [2.45, 2.75) is 40.0 Å². The Bertz CT molecular complexity index is 910. The van der Waals surface area contributed by atoms with Crippen LogP contribution in [0, 0.1) is 11.3 Å². The van der Waals surface area contributed by atoms with E-state index in [2.05, 4.69) is 26.1 Å². The van der Waals surface area contributed by atoms with E-state index in [1.807, 2.05) is 0 Å². The number of fused-ring (bicyclic) bond motifs is 1. The second kappa shape index (κ2) is 8.05. The van der Waals surface area contributed by atoms with Crippen LogP contribution in [0.4, 0.5) is 5.00 Å². The molecule has 1 unspecified atom stereocenters. The SMILES string of the molecule is COC(=O)c1c(NC(=O)c2c(Cl)cccc2Cl)sc2c1CCC(C(C)(C)C)C2. The van der Waals surface area contributed by atoms with Crippen LogP contribution in [0.3, 0.4) is 0 Å². The molecule has 1 N–H and O–H groups in total. The molecule has 0 saturated heterocycles. The normalized spacial score (nSPS) is 16.4. The van der Waals surface area contributed by atoms with E-state index in [0.717, 1.165) is 29.7 Å². The van der Waals surface area contributed by atoms with E-state index in [9.17, 15) is 9.59 Å². The molecule has 0 spiro atoms. The van der Waals surface area contributed by atoms with Gasteiger partial charge in [-0.3, -0.25) is 4.79 Å². The first-order valence-corrected chi connectivity index (χ1v) is 10.7. The standard InChI is InChI=1S/C21H23Cl2NO3S/c1-21(2,3)11-8-9-12-15(10-11)28-19(16(12)20(26)27-4)24-18(25)17-13(22)6-5-7-14(17)23/h5-7,11H,8-10H2,1-4H3,(H,24,25). The van der Waals surface area contributed by atoms with E-state index in [4.69, 9.17) is 27.9 Å². The first-order valence-electron chi connectivity index (χ1n) is 9.11. The number of nitrogens with one attached hydrogen (secondary N) is 1. The van der Waals surface area contributed by atoms with Crippen LogP contribution in [0.2, 0.25) is 10.0 Å². The van der Waals surface area contributed by atoms with E-state index >= 15 is 0 Å². The number of carbonyl (C=O) groups excluding carboxylic acids is 2. The third-order valence-corrected chi connectivity index (χ3v) is 7.10. The van der Waals surface area contributed by atoms with Gasteiger partial charge in [-0.1, -0.05) is 50.0 Å². The molecule has 150 valence electrons. The van der Waals surface area contributed by atoms with E-state index < -0.39 is 11.9 Å². The lowest BCUT2D eigenvalue weighted by Crippen LogP contribution is -2.26. The lowest BCUT2D eigenvalue weighted by atomic mass is 9.72. The lowest BCUT2D eigenvalue weighted by molar-refractivity contribution is 0.0600. The molecular weight excluding hydrogens is 417 g/mol. The minimum absolute atomic E-state index is 0.182. The number of carbonyl (C=O) groups is 2. The number of rotatable bonds is 3. The second-order valence-corrected chi connectivity index (χ2v) is 9.98. The predicted molar refractivity (Wildman–Crippen MR) is 115 cm³/mol. The number of ether oxygens (including phenoxy) is 1. The zero-order valence-electron chi connectivity index (χ0n) is 16.3. The molecule has 1 amide bonds. The van der Waals surface area contributed by atoms with Crippen molar-refractivity contribution in [2.75, 3.05) is 12.4 Å². The van der Waals surface area contributed by atoms with Crippen molar-refractivity contribution in [3.05, 3.63) is 49.8 Å². The van der Waals surface area contributed by atoms with Crippen LogP contribution in [0.25, 0.3) is 0 Å². The summed E-state index contributed by atoms with van der Waals surface area (Å²) in [5, 5.41) is 3.86. The summed E-state index contributed by atoms with van der Waals surface area (Å²) in [5.74, 6) is -0.357. The largest absolute Gasteiger partial charge is 0.465 e. The van der Waals surface area contributed by atoms with Crippen molar-refractivity contribution in [1.29, 1.82) is 0 Å². The average molecular weight is 440 g/mol. The third kappa shape index (κ3) is 4.07. The number of thiophene rings is 1. The van der Waals surface area contributed by atoms with E-state index in [-0.39, 0.29) is 21.0 Å². The minimum Gasteiger partial charge on any atom is -0.465 e. The van der Waals surface area contributed by atoms with Gasteiger partial charge < -0.3 is 10.1 Å². The summed E-state index contributed by atoms with van der Waals surface area (Å²) in [4.78, 5) is 26.4. The van der Waals surface area contributed by atoms with Crippen molar-refractivity contribution in [3.8, 4) is 0 Å². The molecule has 7 heteroatoms. The molecular formula is C21H23Cl2NO3S. The number of anilines is 1. The van der Waals surface area contributed by atoms with Crippen LogP contribution in [0.15, 0.2) is 18.2 Å². The highest BCUT2D eigenvalue weighted by molar-refractivity contribution is 7.17. The number of hydrogen-bond acceptors (Lipinski definition) is 4. The van der Waals surface area contributed by atoms with Gasteiger partial charge in [0.05, 0.1) is 28.3 Å². The van der Waals surface area contributed by atoms with Crippen molar-refractivity contribution in [1.82, 2.24) is 0 Å². The van der Waals surface area contributed by atoms with E-state index in [1.165, 1.54) is 18.4 Å². The Morgan fingerprint density at radius 2 is 1.82 bits per heavy atom.